The molecule has 5 heteroatoms. The third kappa shape index (κ3) is 3.48. The second-order valence-corrected chi connectivity index (χ2v) is 10.3. The average Bonchev–Trinajstić information content (AvgIpc) is 3.15. The number of rotatable bonds is 5. The molecule has 3 aliphatic rings. The third-order valence-corrected chi connectivity index (χ3v) is 8.32. The normalized spacial score (nSPS) is 20.1. The van der Waals surface area contributed by atoms with Crippen LogP contribution >= 0.6 is 0 Å². The largest absolute Gasteiger partial charge is 0.356 e. The predicted molar refractivity (Wildman–Crippen MR) is 139 cm³/mol. The van der Waals surface area contributed by atoms with Crippen molar-refractivity contribution in [1.29, 1.82) is 0 Å². The Morgan fingerprint density at radius 3 is 2.26 bits per heavy atom. The van der Waals surface area contributed by atoms with Crippen molar-refractivity contribution < 1.29 is 4.79 Å². The zero-order valence-electron chi connectivity index (χ0n) is 20.9. The molecule has 0 fully saturated rings. The molecule has 7 rings (SSSR count). The van der Waals surface area contributed by atoms with Crippen molar-refractivity contribution in [2.75, 3.05) is 6.54 Å². The van der Waals surface area contributed by atoms with Gasteiger partial charge in [0.25, 0.3) is 0 Å². The molecular formula is C30H32N4O. The van der Waals surface area contributed by atoms with Gasteiger partial charge in [-0.2, -0.15) is 5.10 Å². The topological polar surface area (TPSA) is 59.8 Å². The van der Waals surface area contributed by atoms with Crippen LogP contribution in [0.2, 0.25) is 0 Å². The summed E-state index contributed by atoms with van der Waals surface area (Å²) in [6, 6.07) is 17.8. The van der Waals surface area contributed by atoms with Gasteiger partial charge in [0.15, 0.2) is 5.65 Å². The van der Waals surface area contributed by atoms with Gasteiger partial charge in [0.05, 0.1) is 5.69 Å². The highest BCUT2D eigenvalue weighted by atomic mass is 16.1. The molecule has 178 valence electrons. The minimum absolute atomic E-state index is 0.120. The van der Waals surface area contributed by atoms with Crippen LogP contribution in [0.1, 0.15) is 69.4 Å². The van der Waals surface area contributed by atoms with Crippen LogP contribution in [0.25, 0.3) is 11.0 Å². The molecule has 2 bridgehead atoms. The second kappa shape index (κ2) is 8.33. The van der Waals surface area contributed by atoms with E-state index in [0.29, 0.717) is 30.6 Å². The number of amides is 1. The van der Waals surface area contributed by atoms with Crippen molar-refractivity contribution in [2.24, 2.45) is 13.0 Å². The Hall–Kier alpha value is -3.47. The number of hydrogen-bond donors (Lipinski definition) is 1. The highest BCUT2D eigenvalue weighted by Gasteiger charge is 2.42. The third-order valence-electron chi connectivity index (χ3n) is 8.32. The number of aromatic nitrogens is 3. The van der Waals surface area contributed by atoms with Crippen molar-refractivity contribution in [1.82, 2.24) is 20.1 Å². The summed E-state index contributed by atoms with van der Waals surface area (Å²) in [6.07, 6.45) is 2.27. The molecule has 0 saturated carbocycles. The molecule has 35 heavy (non-hydrogen) atoms. The Balaban J connectivity index is 1.17. The molecule has 2 aromatic heterocycles. The molecule has 1 unspecified atom stereocenters. The maximum Gasteiger partial charge on any atom is 0.220 e. The summed E-state index contributed by atoms with van der Waals surface area (Å²) in [6.45, 7) is 6.92. The van der Waals surface area contributed by atoms with Crippen LogP contribution in [0.5, 0.6) is 0 Å². The van der Waals surface area contributed by atoms with E-state index in [1.807, 2.05) is 25.6 Å². The van der Waals surface area contributed by atoms with E-state index in [9.17, 15) is 4.79 Å². The summed E-state index contributed by atoms with van der Waals surface area (Å²) in [7, 11) is 1.93. The van der Waals surface area contributed by atoms with E-state index in [4.69, 9.17) is 4.98 Å². The number of benzene rings is 2. The Morgan fingerprint density at radius 1 is 0.971 bits per heavy atom. The van der Waals surface area contributed by atoms with Gasteiger partial charge in [0, 0.05) is 42.9 Å². The summed E-state index contributed by atoms with van der Waals surface area (Å²) in [5, 5.41) is 8.94. The fraction of sp³-hybridized carbons (Fsp3) is 0.367. The first kappa shape index (κ1) is 22.0. The van der Waals surface area contributed by atoms with Gasteiger partial charge in [0.2, 0.25) is 5.91 Å². The van der Waals surface area contributed by atoms with E-state index in [-0.39, 0.29) is 5.91 Å². The zero-order valence-corrected chi connectivity index (χ0v) is 20.9. The van der Waals surface area contributed by atoms with Crippen LogP contribution in [-0.2, 0) is 18.3 Å². The SMILES string of the molecule is Cc1nc2c(c(C)nn2C)c(C)c1CCC(=O)NCC1CC2c3ccccc3C1c1ccccc12. The maximum atomic E-state index is 13.0. The monoisotopic (exact) mass is 464 g/mol. The van der Waals surface area contributed by atoms with Crippen LogP contribution in [0.15, 0.2) is 48.5 Å². The molecule has 2 heterocycles. The molecule has 2 aromatic carbocycles. The summed E-state index contributed by atoms with van der Waals surface area (Å²) in [5.74, 6) is 1.33. The number of carbonyl (C=O) groups excluding carboxylic acids is 1. The first-order valence-electron chi connectivity index (χ1n) is 12.7. The first-order chi connectivity index (χ1) is 16.9. The van der Waals surface area contributed by atoms with E-state index in [0.717, 1.165) is 35.4 Å². The van der Waals surface area contributed by atoms with Gasteiger partial charge >= 0.3 is 0 Å². The summed E-state index contributed by atoms with van der Waals surface area (Å²) in [5.41, 5.74) is 11.1. The van der Waals surface area contributed by atoms with Gasteiger partial charge in [-0.05, 0) is 72.9 Å². The highest BCUT2D eigenvalue weighted by Crippen LogP contribution is 2.55. The Bertz CT molecular complexity index is 1420. The number of carbonyl (C=O) groups is 1. The first-order valence-corrected chi connectivity index (χ1v) is 12.7. The van der Waals surface area contributed by atoms with Gasteiger partial charge in [-0.15, -0.1) is 0 Å². The molecule has 1 N–H and O–H groups in total. The lowest BCUT2D eigenvalue weighted by molar-refractivity contribution is -0.121. The molecule has 5 nitrogen and oxygen atoms in total. The number of nitrogens with zero attached hydrogens (tertiary/aromatic N) is 3. The molecule has 4 aromatic rings. The average molecular weight is 465 g/mol. The van der Waals surface area contributed by atoms with Crippen LogP contribution in [-0.4, -0.2) is 27.2 Å². The van der Waals surface area contributed by atoms with Crippen molar-refractivity contribution in [3.05, 3.63) is 93.3 Å². The van der Waals surface area contributed by atoms with E-state index in [1.165, 1.54) is 33.4 Å². The van der Waals surface area contributed by atoms with E-state index in [1.54, 1.807) is 0 Å². The molecule has 0 spiro atoms. The quantitative estimate of drug-likeness (QED) is 0.439. The number of aryl methyl sites for hydroxylation is 4. The minimum atomic E-state index is 0.120. The highest BCUT2D eigenvalue weighted by molar-refractivity contribution is 5.84. The zero-order chi connectivity index (χ0) is 24.3. The maximum absolute atomic E-state index is 13.0. The van der Waals surface area contributed by atoms with Crippen LogP contribution in [0, 0.1) is 26.7 Å². The van der Waals surface area contributed by atoms with Gasteiger partial charge in [0.1, 0.15) is 0 Å². The Kier molecular flexibility index (Phi) is 5.24. The van der Waals surface area contributed by atoms with Gasteiger partial charge in [-0.3, -0.25) is 9.48 Å². The minimum Gasteiger partial charge on any atom is -0.356 e. The molecule has 0 radical (unpaired) electrons. The summed E-state index contributed by atoms with van der Waals surface area (Å²) in [4.78, 5) is 17.8. The molecule has 3 aliphatic carbocycles. The lowest BCUT2D eigenvalue weighted by Gasteiger charge is -2.45. The van der Waals surface area contributed by atoms with Crippen molar-refractivity contribution in [3.63, 3.8) is 0 Å². The lowest BCUT2D eigenvalue weighted by Crippen LogP contribution is -2.39. The summed E-state index contributed by atoms with van der Waals surface area (Å²) >= 11 is 0. The van der Waals surface area contributed by atoms with Crippen LogP contribution in [0.3, 0.4) is 0 Å². The van der Waals surface area contributed by atoms with Gasteiger partial charge in [-0.25, -0.2) is 4.98 Å². The standard InChI is InChI=1S/C30H32N4O/c1-17-21(18(2)32-30-28(17)19(3)33-34(30)4)13-14-27(35)31-16-20-15-26-22-9-5-7-11-24(22)29(20)25-12-8-6-10-23(25)26/h5-12,20,26,29H,13-16H2,1-4H3,(H,31,35). The summed E-state index contributed by atoms with van der Waals surface area (Å²) < 4.78 is 1.84. The fourth-order valence-corrected chi connectivity index (χ4v) is 6.76. The molecule has 0 aliphatic heterocycles. The lowest BCUT2D eigenvalue weighted by atomic mass is 9.59. The van der Waals surface area contributed by atoms with Crippen molar-refractivity contribution >= 4 is 16.9 Å². The molecule has 0 saturated heterocycles. The van der Waals surface area contributed by atoms with Crippen LogP contribution in [0.4, 0.5) is 0 Å². The van der Waals surface area contributed by atoms with E-state index >= 15 is 0 Å². The van der Waals surface area contributed by atoms with Gasteiger partial charge < -0.3 is 5.32 Å². The Labute approximate surface area is 206 Å². The van der Waals surface area contributed by atoms with Crippen molar-refractivity contribution in [3.8, 4) is 0 Å². The molecule has 1 amide bonds. The van der Waals surface area contributed by atoms with E-state index in [2.05, 4.69) is 65.9 Å². The number of hydrogen-bond acceptors (Lipinski definition) is 3. The van der Waals surface area contributed by atoms with Crippen LogP contribution < -0.4 is 5.32 Å². The Morgan fingerprint density at radius 2 is 1.60 bits per heavy atom. The number of pyridine rings is 1. The molecule has 1 atom stereocenters. The predicted octanol–water partition coefficient (Wildman–Crippen LogP) is 5.24. The number of nitrogens with one attached hydrogen (secondary N) is 1. The number of fused-ring (bicyclic) bond motifs is 2. The van der Waals surface area contributed by atoms with Crippen molar-refractivity contribution in [2.45, 2.75) is 51.9 Å². The van der Waals surface area contributed by atoms with E-state index < -0.39 is 0 Å². The fourth-order valence-electron chi connectivity index (χ4n) is 6.76. The second-order valence-electron chi connectivity index (χ2n) is 10.3. The smallest absolute Gasteiger partial charge is 0.220 e. The van der Waals surface area contributed by atoms with Gasteiger partial charge in [-0.1, -0.05) is 48.5 Å². The molecular weight excluding hydrogens is 432 g/mol.